The number of aliphatic hydroxyl groups excluding tert-OH is 1. The minimum atomic E-state index is -0.413. The van der Waals surface area contributed by atoms with Gasteiger partial charge < -0.3 is 10.0 Å². The number of rotatable bonds is 2. The number of nitrogens with zero attached hydrogens (tertiary/aromatic N) is 1. The largest absolute Gasteiger partial charge is 0.389 e. The van der Waals surface area contributed by atoms with E-state index in [-0.39, 0.29) is 5.41 Å². The van der Waals surface area contributed by atoms with E-state index < -0.39 is 6.10 Å². The van der Waals surface area contributed by atoms with Crippen molar-refractivity contribution in [3.05, 3.63) is 41.5 Å². The second kappa shape index (κ2) is 5.38. The van der Waals surface area contributed by atoms with Crippen LogP contribution in [0.4, 0.5) is 5.69 Å². The van der Waals surface area contributed by atoms with E-state index in [1.807, 2.05) is 25.1 Å². The maximum absolute atomic E-state index is 9.87. The zero-order valence-corrected chi connectivity index (χ0v) is 12.5. The fourth-order valence-electron chi connectivity index (χ4n) is 2.70. The van der Waals surface area contributed by atoms with E-state index in [1.165, 1.54) is 5.69 Å². The van der Waals surface area contributed by atoms with Crippen molar-refractivity contribution in [2.24, 2.45) is 5.41 Å². The van der Waals surface area contributed by atoms with Crippen LogP contribution in [0.3, 0.4) is 0 Å². The first kappa shape index (κ1) is 14.1. The van der Waals surface area contributed by atoms with Crippen LogP contribution in [0.5, 0.6) is 0 Å². The van der Waals surface area contributed by atoms with Gasteiger partial charge in [0.1, 0.15) is 0 Å². The number of anilines is 1. The molecule has 0 bridgehead atoms. The van der Waals surface area contributed by atoms with Gasteiger partial charge in [-0.1, -0.05) is 50.6 Å². The Balaban J connectivity index is 2.21. The fraction of sp³-hybridized carbons (Fsp3) is 0.529. The lowest BCUT2D eigenvalue weighted by molar-refractivity contribution is 0.199. The molecule has 1 N–H and O–H groups in total. The first-order valence-electron chi connectivity index (χ1n) is 7.11. The maximum Gasteiger partial charge on any atom is 0.0781 e. The minimum absolute atomic E-state index is 0.274. The molecule has 0 unspecified atom stereocenters. The molecule has 2 rings (SSSR count). The SMILES string of the molecule is C[C@@H](O)c1ccccc1N1CC=C(C(C)(C)C)CC1. The van der Waals surface area contributed by atoms with Crippen LogP contribution in [0.1, 0.15) is 45.8 Å². The topological polar surface area (TPSA) is 23.5 Å². The summed E-state index contributed by atoms with van der Waals surface area (Å²) in [5.41, 5.74) is 4.01. The van der Waals surface area contributed by atoms with Crippen LogP contribution in [0, 0.1) is 5.41 Å². The Kier molecular flexibility index (Phi) is 4.00. The number of para-hydroxylation sites is 1. The lowest BCUT2D eigenvalue weighted by Gasteiger charge is -2.34. The predicted molar refractivity (Wildman–Crippen MR) is 81.4 cm³/mol. The van der Waals surface area contributed by atoms with Gasteiger partial charge >= 0.3 is 0 Å². The normalized spacial score (nSPS) is 18.2. The molecule has 104 valence electrons. The third-order valence-electron chi connectivity index (χ3n) is 3.90. The number of hydrogen-bond acceptors (Lipinski definition) is 2. The van der Waals surface area contributed by atoms with Gasteiger partial charge in [0, 0.05) is 24.3 Å². The maximum atomic E-state index is 9.87. The van der Waals surface area contributed by atoms with Crippen molar-refractivity contribution in [2.45, 2.75) is 40.2 Å². The molecule has 2 nitrogen and oxygen atoms in total. The van der Waals surface area contributed by atoms with E-state index >= 15 is 0 Å². The van der Waals surface area contributed by atoms with Crippen molar-refractivity contribution in [3.8, 4) is 0 Å². The molecule has 1 aliphatic rings. The average Bonchev–Trinajstić information content (AvgIpc) is 2.38. The Morgan fingerprint density at radius 1 is 1.21 bits per heavy atom. The lowest BCUT2D eigenvalue weighted by atomic mass is 9.83. The Morgan fingerprint density at radius 3 is 2.42 bits per heavy atom. The van der Waals surface area contributed by atoms with Gasteiger partial charge in [-0.15, -0.1) is 0 Å². The van der Waals surface area contributed by atoms with E-state index in [2.05, 4.69) is 37.8 Å². The molecule has 1 aromatic rings. The van der Waals surface area contributed by atoms with Crippen LogP contribution in [0.25, 0.3) is 0 Å². The lowest BCUT2D eigenvalue weighted by Crippen LogP contribution is -2.32. The summed E-state index contributed by atoms with van der Waals surface area (Å²) in [7, 11) is 0. The molecule has 1 atom stereocenters. The molecule has 0 saturated heterocycles. The van der Waals surface area contributed by atoms with Crippen LogP contribution in [0.15, 0.2) is 35.9 Å². The Morgan fingerprint density at radius 2 is 1.89 bits per heavy atom. The Labute approximate surface area is 116 Å². The van der Waals surface area contributed by atoms with E-state index in [1.54, 1.807) is 5.57 Å². The standard InChI is InChI=1S/C17H25NO/c1-13(19)15-7-5-6-8-16(15)18-11-9-14(10-12-18)17(2,3)4/h5-9,13,19H,10-12H2,1-4H3/t13-/m1/s1. The third kappa shape index (κ3) is 3.19. The highest BCUT2D eigenvalue weighted by Crippen LogP contribution is 2.33. The summed E-state index contributed by atoms with van der Waals surface area (Å²) in [5, 5.41) is 9.87. The molecule has 1 aromatic carbocycles. The predicted octanol–water partition coefficient (Wildman–Crippen LogP) is 3.92. The molecule has 0 aliphatic carbocycles. The van der Waals surface area contributed by atoms with E-state index in [4.69, 9.17) is 0 Å². The molecule has 19 heavy (non-hydrogen) atoms. The molecule has 0 radical (unpaired) electrons. The summed E-state index contributed by atoms with van der Waals surface area (Å²) in [4.78, 5) is 2.36. The first-order valence-corrected chi connectivity index (χ1v) is 7.11. The van der Waals surface area contributed by atoms with Gasteiger partial charge in [-0.3, -0.25) is 0 Å². The van der Waals surface area contributed by atoms with Crippen molar-refractivity contribution in [2.75, 3.05) is 18.0 Å². The zero-order valence-electron chi connectivity index (χ0n) is 12.5. The molecule has 0 spiro atoms. The monoisotopic (exact) mass is 259 g/mol. The van der Waals surface area contributed by atoms with Crippen molar-refractivity contribution in [1.82, 2.24) is 0 Å². The smallest absolute Gasteiger partial charge is 0.0781 e. The Bertz CT molecular complexity index is 468. The average molecular weight is 259 g/mol. The molecule has 1 aliphatic heterocycles. The molecule has 0 aromatic heterocycles. The summed E-state index contributed by atoms with van der Waals surface area (Å²) in [5.74, 6) is 0. The van der Waals surface area contributed by atoms with Crippen LogP contribution >= 0.6 is 0 Å². The fourth-order valence-corrected chi connectivity index (χ4v) is 2.70. The zero-order chi connectivity index (χ0) is 14.0. The summed E-state index contributed by atoms with van der Waals surface area (Å²) in [6.45, 7) is 10.6. The van der Waals surface area contributed by atoms with E-state index in [9.17, 15) is 5.11 Å². The third-order valence-corrected chi connectivity index (χ3v) is 3.90. The Hall–Kier alpha value is -1.28. The second-order valence-corrected chi connectivity index (χ2v) is 6.41. The highest BCUT2D eigenvalue weighted by molar-refractivity contribution is 5.55. The second-order valence-electron chi connectivity index (χ2n) is 6.41. The van der Waals surface area contributed by atoms with Gasteiger partial charge in [0.15, 0.2) is 0 Å². The van der Waals surface area contributed by atoms with Crippen molar-refractivity contribution < 1.29 is 5.11 Å². The number of hydrogen-bond donors (Lipinski definition) is 1. The minimum Gasteiger partial charge on any atom is -0.389 e. The summed E-state index contributed by atoms with van der Waals surface area (Å²) < 4.78 is 0. The first-order chi connectivity index (χ1) is 8.89. The van der Waals surface area contributed by atoms with Gasteiger partial charge in [-0.25, -0.2) is 0 Å². The van der Waals surface area contributed by atoms with Gasteiger partial charge in [0.05, 0.1) is 6.10 Å². The van der Waals surface area contributed by atoms with Crippen molar-refractivity contribution in [3.63, 3.8) is 0 Å². The molecular formula is C17H25NO. The molecular weight excluding hydrogens is 234 g/mol. The highest BCUT2D eigenvalue weighted by Gasteiger charge is 2.22. The van der Waals surface area contributed by atoms with Crippen LogP contribution in [-0.2, 0) is 0 Å². The summed E-state index contributed by atoms with van der Waals surface area (Å²) >= 11 is 0. The van der Waals surface area contributed by atoms with Gasteiger partial charge in [0.25, 0.3) is 0 Å². The number of aliphatic hydroxyl groups is 1. The van der Waals surface area contributed by atoms with Crippen LogP contribution < -0.4 is 4.90 Å². The van der Waals surface area contributed by atoms with Gasteiger partial charge in [-0.2, -0.15) is 0 Å². The van der Waals surface area contributed by atoms with E-state index in [0.29, 0.717) is 0 Å². The molecule has 1 heterocycles. The van der Waals surface area contributed by atoms with Crippen molar-refractivity contribution >= 4 is 5.69 Å². The molecule has 0 fully saturated rings. The molecule has 0 saturated carbocycles. The van der Waals surface area contributed by atoms with Crippen molar-refractivity contribution in [1.29, 1.82) is 0 Å². The van der Waals surface area contributed by atoms with Gasteiger partial charge in [-0.05, 0) is 24.8 Å². The number of benzene rings is 1. The van der Waals surface area contributed by atoms with Crippen LogP contribution in [-0.4, -0.2) is 18.2 Å². The summed E-state index contributed by atoms with van der Waals surface area (Å²) in [6, 6.07) is 8.16. The summed E-state index contributed by atoms with van der Waals surface area (Å²) in [6.07, 6.45) is 3.05. The molecule has 0 amide bonds. The van der Waals surface area contributed by atoms with E-state index in [0.717, 1.165) is 25.1 Å². The van der Waals surface area contributed by atoms with Gasteiger partial charge in [0.2, 0.25) is 0 Å². The molecule has 2 heteroatoms. The quantitative estimate of drug-likeness (QED) is 0.814. The van der Waals surface area contributed by atoms with Crippen LogP contribution in [0.2, 0.25) is 0 Å². The highest BCUT2D eigenvalue weighted by atomic mass is 16.3.